The number of para-hydroxylation sites is 1. The first-order valence-electron chi connectivity index (χ1n) is 13.0. The van der Waals surface area contributed by atoms with E-state index in [1.54, 1.807) is 6.21 Å². The molecule has 1 aromatic heterocycles. The van der Waals surface area contributed by atoms with Crippen molar-refractivity contribution in [3.63, 3.8) is 0 Å². The van der Waals surface area contributed by atoms with Gasteiger partial charge in [0.1, 0.15) is 0 Å². The molecule has 0 bridgehead atoms. The first kappa shape index (κ1) is 29.1. The molecule has 1 heterocycles. The first-order valence-corrected chi connectivity index (χ1v) is 14.4. The predicted molar refractivity (Wildman–Crippen MR) is 166 cm³/mol. The number of nitrogens with zero attached hydrogens (tertiary/aromatic N) is 4. The number of benzene rings is 3. The van der Waals surface area contributed by atoms with Gasteiger partial charge in [-0.05, 0) is 72.4 Å². The fraction of sp³-hybridized carbons (Fsp3) is 0.226. The van der Waals surface area contributed by atoms with Gasteiger partial charge in [-0.15, -0.1) is 10.2 Å². The van der Waals surface area contributed by atoms with Gasteiger partial charge in [-0.1, -0.05) is 85.8 Å². The molecule has 0 radical (unpaired) electrons. The number of nitrogens with one attached hydrogen (secondary N) is 2. The smallest absolute Gasteiger partial charge is 0.250 e. The number of carbonyl (C=O) groups is 1. The molecule has 0 fully saturated rings. The third kappa shape index (κ3) is 8.07. The molecular weight excluding hydrogens is 540 g/mol. The van der Waals surface area contributed by atoms with Crippen LogP contribution in [0.4, 0.5) is 5.69 Å². The Kier molecular flexibility index (Phi) is 10.2. The molecule has 0 spiro atoms. The topological polar surface area (TPSA) is 84.2 Å². The highest BCUT2D eigenvalue weighted by atomic mass is 35.5. The van der Waals surface area contributed by atoms with Gasteiger partial charge in [0.05, 0.1) is 18.5 Å². The van der Waals surface area contributed by atoms with Crippen LogP contribution in [0, 0.1) is 6.92 Å². The van der Waals surface area contributed by atoms with E-state index >= 15 is 0 Å². The van der Waals surface area contributed by atoms with Crippen molar-refractivity contribution in [2.75, 3.05) is 11.1 Å². The number of hydrogen-bond donors (Lipinski definition) is 2. The molecule has 0 aliphatic heterocycles. The van der Waals surface area contributed by atoms with E-state index in [0.717, 1.165) is 33.9 Å². The van der Waals surface area contributed by atoms with E-state index in [9.17, 15) is 4.79 Å². The van der Waals surface area contributed by atoms with E-state index < -0.39 is 0 Å². The molecule has 0 aliphatic carbocycles. The average molecular weight is 573 g/mol. The van der Waals surface area contributed by atoms with Gasteiger partial charge in [0.25, 0.3) is 5.91 Å². The Morgan fingerprint density at radius 2 is 1.82 bits per heavy atom. The second-order valence-corrected chi connectivity index (χ2v) is 11.1. The Morgan fingerprint density at radius 3 is 2.52 bits per heavy atom. The number of aryl methyl sites for hydroxylation is 1. The molecule has 0 aliphatic rings. The van der Waals surface area contributed by atoms with Gasteiger partial charge in [0.15, 0.2) is 11.0 Å². The SMILES string of the molecule is CC(=C/c1ccc(C(C)C)cc1)/C=N/NC(=O)CSc1nnc(CNc2ccc(Cl)cc2C)n1-c1ccccc1. The van der Waals surface area contributed by atoms with Crippen LogP contribution in [0.25, 0.3) is 11.8 Å². The Bertz CT molecular complexity index is 1500. The van der Waals surface area contributed by atoms with Gasteiger partial charge in [-0.25, -0.2) is 5.43 Å². The summed E-state index contributed by atoms with van der Waals surface area (Å²) in [4.78, 5) is 12.5. The van der Waals surface area contributed by atoms with Crippen molar-refractivity contribution >= 4 is 47.2 Å². The Balaban J connectivity index is 1.38. The Labute approximate surface area is 244 Å². The minimum atomic E-state index is -0.227. The molecule has 0 saturated carbocycles. The summed E-state index contributed by atoms with van der Waals surface area (Å²) >= 11 is 7.40. The lowest BCUT2D eigenvalue weighted by Gasteiger charge is -2.12. The number of hydrazone groups is 1. The van der Waals surface area contributed by atoms with Gasteiger partial charge in [-0.3, -0.25) is 9.36 Å². The van der Waals surface area contributed by atoms with E-state index in [1.807, 2.05) is 73.0 Å². The third-order valence-electron chi connectivity index (χ3n) is 6.13. The van der Waals surface area contributed by atoms with Gasteiger partial charge in [0.2, 0.25) is 0 Å². The summed E-state index contributed by atoms with van der Waals surface area (Å²) in [5.74, 6) is 1.14. The van der Waals surface area contributed by atoms with Gasteiger partial charge >= 0.3 is 0 Å². The number of aromatic nitrogens is 3. The van der Waals surface area contributed by atoms with Crippen LogP contribution in [0.15, 0.2) is 88.6 Å². The third-order valence-corrected chi connectivity index (χ3v) is 7.29. The highest BCUT2D eigenvalue weighted by Crippen LogP contribution is 2.24. The highest BCUT2D eigenvalue weighted by molar-refractivity contribution is 7.99. The maximum Gasteiger partial charge on any atom is 0.250 e. The van der Waals surface area contributed by atoms with Crippen LogP contribution in [0.2, 0.25) is 5.02 Å². The van der Waals surface area contributed by atoms with Crippen LogP contribution in [0.5, 0.6) is 0 Å². The summed E-state index contributed by atoms with van der Waals surface area (Å²) in [6.45, 7) is 8.75. The minimum Gasteiger partial charge on any atom is -0.378 e. The standard InChI is InChI=1S/C31H33ClN6OS/c1-21(2)25-12-10-24(11-13-25)16-22(3)18-34-36-30(39)20-40-31-37-35-29(38(31)27-8-6-5-7-9-27)19-33-28-15-14-26(32)17-23(28)4/h5-18,21,33H,19-20H2,1-4H3,(H,36,39)/b22-16-,34-18+. The molecule has 2 N–H and O–H groups in total. The molecular formula is C31H33ClN6OS. The van der Waals surface area contributed by atoms with Crippen LogP contribution in [-0.2, 0) is 11.3 Å². The van der Waals surface area contributed by atoms with Crippen LogP contribution in [0.1, 0.15) is 49.2 Å². The fourth-order valence-electron chi connectivity index (χ4n) is 3.99. The molecule has 3 aromatic carbocycles. The summed E-state index contributed by atoms with van der Waals surface area (Å²) < 4.78 is 1.96. The second kappa shape index (κ2) is 14.0. The zero-order valence-electron chi connectivity index (χ0n) is 23.1. The van der Waals surface area contributed by atoms with E-state index in [1.165, 1.54) is 17.3 Å². The summed E-state index contributed by atoms with van der Waals surface area (Å²) in [6, 6.07) is 24.0. The largest absolute Gasteiger partial charge is 0.378 e. The van der Waals surface area contributed by atoms with Gasteiger partial charge in [-0.2, -0.15) is 5.10 Å². The lowest BCUT2D eigenvalue weighted by Crippen LogP contribution is -2.20. The van der Waals surface area contributed by atoms with Crippen LogP contribution in [-0.4, -0.2) is 32.6 Å². The van der Waals surface area contributed by atoms with Crippen molar-refractivity contribution in [3.05, 3.63) is 106 Å². The van der Waals surface area contributed by atoms with Gasteiger partial charge in [0, 0.05) is 16.4 Å². The normalized spacial score (nSPS) is 11.8. The molecule has 7 nitrogen and oxygen atoms in total. The molecule has 40 heavy (non-hydrogen) atoms. The van der Waals surface area contributed by atoms with Crippen molar-refractivity contribution in [3.8, 4) is 5.69 Å². The maximum atomic E-state index is 12.5. The van der Waals surface area contributed by atoms with Crippen LogP contribution < -0.4 is 10.7 Å². The first-order chi connectivity index (χ1) is 19.3. The van der Waals surface area contributed by atoms with Crippen molar-refractivity contribution in [1.29, 1.82) is 0 Å². The molecule has 4 rings (SSSR count). The lowest BCUT2D eigenvalue weighted by molar-refractivity contribution is -0.118. The molecule has 0 saturated heterocycles. The van der Waals surface area contributed by atoms with Crippen molar-refractivity contribution in [1.82, 2.24) is 20.2 Å². The monoisotopic (exact) mass is 572 g/mol. The molecule has 9 heteroatoms. The van der Waals surface area contributed by atoms with E-state index in [4.69, 9.17) is 11.6 Å². The number of carbonyl (C=O) groups excluding carboxylic acids is 1. The molecule has 1 amide bonds. The summed E-state index contributed by atoms with van der Waals surface area (Å²) in [7, 11) is 0. The second-order valence-electron chi connectivity index (χ2n) is 9.67. The Hall–Kier alpha value is -3.88. The van der Waals surface area contributed by atoms with E-state index in [-0.39, 0.29) is 11.7 Å². The summed E-state index contributed by atoms with van der Waals surface area (Å²) in [5, 5.41) is 17.6. The lowest BCUT2D eigenvalue weighted by atomic mass is 10.0. The number of rotatable bonds is 11. The number of anilines is 1. The quantitative estimate of drug-likeness (QED) is 0.112. The van der Waals surface area contributed by atoms with Crippen molar-refractivity contribution < 1.29 is 4.79 Å². The number of halogens is 1. The maximum absolute atomic E-state index is 12.5. The van der Waals surface area contributed by atoms with Crippen LogP contribution in [0.3, 0.4) is 0 Å². The number of hydrogen-bond acceptors (Lipinski definition) is 6. The van der Waals surface area contributed by atoms with E-state index in [0.29, 0.717) is 22.6 Å². The van der Waals surface area contributed by atoms with Gasteiger partial charge < -0.3 is 5.32 Å². The highest BCUT2D eigenvalue weighted by Gasteiger charge is 2.16. The predicted octanol–water partition coefficient (Wildman–Crippen LogP) is 7.26. The van der Waals surface area contributed by atoms with Crippen molar-refractivity contribution in [2.24, 2.45) is 5.10 Å². The molecule has 4 aromatic rings. The zero-order valence-corrected chi connectivity index (χ0v) is 24.6. The molecule has 0 unspecified atom stereocenters. The van der Waals surface area contributed by atoms with Crippen LogP contribution >= 0.6 is 23.4 Å². The summed E-state index contributed by atoms with van der Waals surface area (Å²) in [6.07, 6.45) is 3.67. The van der Waals surface area contributed by atoms with E-state index in [2.05, 4.69) is 64.2 Å². The Morgan fingerprint density at radius 1 is 1.07 bits per heavy atom. The molecule has 206 valence electrons. The number of thioether (sulfide) groups is 1. The number of allylic oxidation sites excluding steroid dienone is 1. The zero-order chi connectivity index (χ0) is 28.5. The number of amides is 1. The average Bonchev–Trinajstić information content (AvgIpc) is 3.35. The van der Waals surface area contributed by atoms with Crippen molar-refractivity contribution in [2.45, 2.75) is 45.3 Å². The molecule has 0 atom stereocenters. The fourth-order valence-corrected chi connectivity index (χ4v) is 4.98. The summed E-state index contributed by atoms with van der Waals surface area (Å²) in [5.41, 5.74) is 8.86. The minimum absolute atomic E-state index is 0.144.